The van der Waals surface area contributed by atoms with E-state index in [1.54, 1.807) is 10.9 Å². The van der Waals surface area contributed by atoms with Gasteiger partial charge in [-0.05, 0) is 33.6 Å². The maximum absolute atomic E-state index is 5.87. The molecule has 0 bridgehead atoms. The fourth-order valence-electron chi connectivity index (χ4n) is 1.31. The Bertz CT molecular complexity index is 525. The number of hydrogen-bond acceptors (Lipinski definition) is 2. The number of halogens is 3. The monoisotopic (exact) mass is 363 g/mol. The normalized spacial score (nSPS) is 10.7. The minimum absolute atomic E-state index is 0.606. The SMILES string of the molecule is Nc1c(Br)cnn1Cc1ccc(Cl)cc1Br. The van der Waals surface area contributed by atoms with Gasteiger partial charge in [-0.3, -0.25) is 0 Å². The van der Waals surface area contributed by atoms with E-state index in [4.69, 9.17) is 17.3 Å². The van der Waals surface area contributed by atoms with Crippen LogP contribution in [0.3, 0.4) is 0 Å². The van der Waals surface area contributed by atoms with E-state index >= 15 is 0 Å². The molecule has 1 heterocycles. The molecule has 0 atom stereocenters. The van der Waals surface area contributed by atoms with Crippen molar-refractivity contribution in [2.75, 3.05) is 5.73 Å². The van der Waals surface area contributed by atoms with Crippen molar-refractivity contribution in [2.45, 2.75) is 6.54 Å². The minimum atomic E-state index is 0.606. The summed E-state index contributed by atoms with van der Waals surface area (Å²) in [5.74, 6) is 0.613. The highest BCUT2D eigenvalue weighted by Crippen LogP contribution is 2.24. The summed E-state index contributed by atoms with van der Waals surface area (Å²) in [4.78, 5) is 0. The zero-order valence-electron chi connectivity index (χ0n) is 8.12. The van der Waals surface area contributed by atoms with E-state index in [-0.39, 0.29) is 0 Å². The molecule has 84 valence electrons. The van der Waals surface area contributed by atoms with Crippen molar-refractivity contribution in [1.29, 1.82) is 0 Å². The molecule has 0 aliphatic rings. The van der Waals surface area contributed by atoms with Gasteiger partial charge in [-0.25, -0.2) is 4.68 Å². The summed E-state index contributed by atoms with van der Waals surface area (Å²) in [6, 6.07) is 5.64. The molecule has 2 N–H and O–H groups in total. The average molecular weight is 365 g/mol. The van der Waals surface area contributed by atoms with E-state index in [0.29, 0.717) is 17.4 Å². The second-order valence-electron chi connectivity index (χ2n) is 3.27. The van der Waals surface area contributed by atoms with Crippen LogP contribution in [-0.2, 0) is 6.54 Å². The summed E-state index contributed by atoms with van der Waals surface area (Å²) in [6.45, 7) is 0.606. The van der Waals surface area contributed by atoms with Gasteiger partial charge in [0.15, 0.2) is 0 Å². The van der Waals surface area contributed by atoms with Crippen LogP contribution in [0.25, 0.3) is 0 Å². The Balaban J connectivity index is 2.30. The summed E-state index contributed by atoms with van der Waals surface area (Å²) in [7, 11) is 0. The molecule has 0 aliphatic heterocycles. The van der Waals surface area contributed by atoms with Crippen LogP contribution in [0, 0.1) is 0 Å². The van der Waals surface area contributed by atoms with Gasteiger partial charge in [0.2, 0.25) is 0 Å². The van der Waals surface area contributed by atoms with Crippen LogP contribution >= 0.6 is 43.5 Å². The molecule has 0 amide bonds. The quantitative estimate of drug-likeness (QED) is 0.882. The number of aromatic nitrogens is 2. The number of rotatable bonds is 2. The van der Waals surface area contributed by atoms with Crippen molar-refractivity contribution < 1.29 is 0 Å². The predicted octanol–water partition coefficient (Wildman–Crippen LogP) is 3.69. The summed E-state index contributed by atoms with van der Waals surface area (Å²) < 4.78 is 3.47. The fraction of sp³-hybridized carbons (Fsp3) is 0.100. The molecule has 3 nitrogen and oxygen atoms in total. The van der Waals surface area contributed by atoms with E-state index in [2.05, 4.69) is 37.0 Å². The Morgan fingerprint density at radius 3 is 2.62 bits per heavy atom. The van der Waals surface area contributed by atoms with Crippen LogP contribution in [-0.4, -0.2) is 9.78 Å². The first kappa shape index (κ1) is 12.0. The van der Waals surface area contributed by atoms with Gasteiger partial charge in [-0.1, -0.05) is 33.6 Å². The maximum atomic E-state index is 5.87. The third-order valence-electron chi connectivity index (χ3n) is 2.17. The molecule has 0 saturated carbocycles. The summed E-state index contributed by atoms with van der Waals surface area (Å²) in [5, 5.41) is 4.86. The largest absolute Gasteiger partial charge is 0.383 e. The van der Waals surface area contributed by atoms with Crippen molar-refractivity contribution in [2.24, 2.45) is 0 Å². The van der Waals surface area contributed by atoms with Gasteiger partial charge in [-0.15, -0.1) is 0 Å². The van der Waals surface area contributed by atoms with Gasteiger partial charge < -0.3 is 5.73 Å². The molecule has 1 aromatic heterocycles. The Hall–Kier alpha value is -0.520. The Morgan fingerprint density at radius 2 is 2.06 bits per heavy atom. The van der Waals surface area contributed by atoms with Crippen LogP contribution in [0.15, 0.2) is 33.3 Å². The molecule has 1 aromatic carbocycles. The van der Waals surface area contributed by atoms with Crippen LogP contribution in [0.2, 0.25) is 5.02 Å². The highest BCUT2D eigenvalue weighted by atomic mass is 79.9. The minimum Gasteiger partial charge on any atom is -0.383 e. The second-order valence-corrected chi connectivity index (χ2v) is 5.42. The molecular formula is C10H8Br2ClN3. The smallest absolute Gasteiger partial charge is 0.136 e. The number of benzene rings is 1. The summed E-state index contributed by atoms with van der Waals surface area (Å²) >= 11 is 12.6. The number of anilines is 1. The lowest BCUT2D eigenvalue weighted by atomic mass is 10.2. The standard InChI is InChI=1S/C10H8Br2ClN3/c11-8-3-7(13)2-1-6(8)5-16-10(14)9(12)4-15-16/h1-4H,5,14H2. The third-order valence-corrected chi connectivity index (χ3v) is 3.75. The molecule has 2 aromatic rings. The predicted molar refractivity (Wildman–Crippen MR) is 72.6 cm³/mol. The first-order valence-corrected chi connectivity index (χ1v) is 6.45. The van der Waals surface area contributed by atoms with Gasteiger partial charge >= 0.3 is 0 Å². The Kier molecular flexibility index (Phi) is 3.56. The zero-order valence-corrected chi connectivity index (χ0v) is 12.1. The van der Waals surface area contributed by atoms with E-state index in [1.807, 2.05) is 18.2 Å². The van der Waals surface area contributed by atoms with Crippen LogP contribution in [0.1, 0.15) is 5.56 Å². The molecule has 0 saturated heterocycles. The second kappa shape index (κ2) is 4.77. The van der Waals surface area contributed by atoms with Crippen LogP contribution in [0.4, 0.5) is 5.82 Å². The third kappa shape index (κ3) is 2.42. The molecule has 0 fully saturated rings. The van der Waals surface area contributed by atoms with Crippen LogP contribution < -0.4 is 5.73 Å². The molecule has 6 heteroatoms. The van der Waals surface area contributed by atoms with E-state index in [9.17, 15) is 0 Å². The topological polar surface area (TPSA) is 43.8 Å². The fourth-order valence-corrected chi connectivity index (χ4v) is 2.41. The zero-order chi connectivity index (χ0) is 11.7. The molecule has 0 aliphatic carbocycles. The first-order chi connectivity index (χ1) is 7.58. The van der Waals surface area contributed by atoms with Crippen molar-refractivity contribution in [1.82, 2.24) is 9.78 Å². The lowest BCUT2D eigenvalue weighted by Gasteiger charge is -2.07. The first-order valence-electron chi connectivity index (χ1n) is 4.48. The van der Waals surface area contributed by atoms with E-state index < -0.39 is 0 Å². The average Bonchev–Trinajstić information content (AvgIpc) is 2.54. The van der Waals surface area contributed by atoms with Crippen LogP contribution in [0.5, 0.6) is 0 Å². The van der Waals surface area contributed by atoms with Gasteiger partial charge in [-0.2, -0.15) is 5.10 Å². The van der Waals surface area contributed by atoms with E-state index in [1.165, 1.54) is 0 Å². The molecule has 0 spiro atoms. The Labute approximate surface area is 115 Å². The highest BCUT2D eigenvalue weighted by molar-refractivity contribution is 9.10. The molecule has 0 radical (unpaired) electrons. The van der Waals surface area contributed by atoms with Gasteiger partial charge in [0.1, 0.15) is 5.82 Å². The molecule has 2 rings (SSSR count). The molecule has 0 unspecified atom stereocenters. The molecule has 16 heavy (non-hydrogen) atoms. The number of nitrogens with zero attached hydrogens (tertiary/aromatic N) is 2. The Morgan fingerprint density at radius 1 is 1.31 bits per heavy atom. The van der Waals surface area contributed by atoms with Gasteiger partial charge in [0.25, 0.3) is 0 Å². The maximum Gasteiger partial charge on any atom is 0.136 e. The van der Waals surface area contributed by atoms with Crippen molar-refractivity contribution in [3.8, 4) is 0 Å². The summed E-state index contributed by atoms with van der Waals surface area (Å²) in [5.41, 5.74) is 6.92. The van der Waals surface area contributed by atoms with Crippen molar-refractivity contribution >= 4 is 49.3 Å². The lowest BCUT2D eigenvalue weighted by molar-refractivity contribution is 0.695. The number of hydrogen-bond donors (Lipinski definition) is 1. The highest BCUT2D eigenvalue weighted by Gasteiger charge is 2.07. The van der Waals surface area contributed by atoms with Gasteiger partial charge in [0, 0.05) is 9.50 Å². The number of nitrogen functional groups attached to an aromatic ring is 1. The summed E-state index contributed by atoms with van der Waals surface area (Å²) in [6.07, 6.45) is 1.68. The number of nitrogens with two attached hydrogens (primary N) is 1. The lowest BCUT2D eigenvalue weighted by Crippen LogP contribution is -2.06. The van der Waals surface area contributed by atoms with Gasteiger partial charge in [0.05, 0.1) is 17.2 Å². The molecular weight excluding hydrogens is 357 g/mol. The van der Waals surface area contributed by atoms with Crippen molar-refractivity contribution in [3.63, 3.8) is 0 Å². The van der Waals surface area contributed by atoms with Crippen molar-refractivity contribution in [3.05, 3.63) is 43.9 Å². The van der Waals surface area contributed by atoms with E-state index in [0.717, 1.165) is 14.5 Å².